The first-order valence-corrected chi connectivity index (χ1v) is 12.0. The quantitative estimate of drug-likeness (QED) is 0.687. The second-order valence-corrected chi connectivity index (χ2v) is 10.4. The number of methoxy groups -OCH3 is 1. The number of morpholine rings is 1. The van der Waals surface area contributed by atoms with Crippen LogP contribution in [0.1, 0.15) is 26.7 Å². The predicted octanol–water partition coefficient (Wildman–Crippen LogP) is 2.29. The van der Waals surface area contributed by atoms with E-state index >= 15 is 0 Å². The number of nitrogens with zero attached hydrogens (tertiary/aromatic N) is 2. The Balaban J connectivity index is 1.44. The summed E-state index contributed by atoms with van der Waals surface area (Å²) in [4.78, 5) is 5.17. The first-order valence-electron chi connectivity index (χ1n) is 10.3. The van der Waals surface area contributed by atoms with E-state index in [0.29, 0.717) is 35.3 Å². The molecule has 0 aliphatic carbocycles. The Labute approximate surface area is 169 Å². The Bertz CT molecular complexity index is 722. The lowest BCUT2D eigenvalue weighted by atomic mass is 9.95. The van der Waals surface area contributed by atoms with E-state index in [4.69, 9.17) is 9.47 Å². The number of ether oxygens (including phenoxy) is 2. The highest BCUT2D eigenvalue weighted by molar-refractivity contribution is 7.91. The molecule has 2 aliphatic heterocycles. The molecule has 3 rings (SSSR count). The molecule has 1 aromatic rings. The van der Waals surface area contributed by atoms with Crippen LogP contribution in [0.15, 0.2) is 29.2 Å². The first kappa shape index (κ1) is 21.6. The van der Waals surface area contributed by atoms with Crippen LogP contribution in [0, 0.1) is 5.92 Å². The maximum absolute atomic E-state index is 12.6. The van der Waals surface area contributed by atoms with Gasteiger partial charge in [0.1, 0.15) is 5.75 Å². The molecule has 0 bridgehead atoms. The van der Waals surface area contributed by atoms with E-state index in [-0.39, 0.29) is 5.75 Å². The van der Waals surface area contributed by atoms with E-state index in [1.807, 2.05) is 0 Å². The minimum absolute atomic E-state index is 0.156. The zero-order chi connectivity index (χ0) is 20.1. The summed E-state index contributed by atoms with van der Waals surface area (Å²) >= 11 is 0. The van der Waals surface area contributed by atoms with Gasteiger partial charge in [-0.2, -0.15) is 0 Å². The highest BCUT2D eigenvalue weighted by atomic mass is 32.2. The van der Waals surface area contributed by atoms with Crippen molar-refractivity contribution >= 4 is 9.84 Å². The molecule has 2 fully saturated rings. The summed E-state index contributed by atoms with van der Waals surface area (Å²) in [6.07, 6.45) is 2.90. The van der Waals surface area contributed by atoms with Gasteiger partial charge in [-0.3, -0.25) is 4.90 Å². The van der Waals surface area contributed by atoms with E-state index in [2.05, 4.69) is 23.6 Å². The minimum Gasteiger partial charge on any atom is -0.497 e. The molecule has 0 aromatic heterocycles. The summed E-state index contributed by atoms with van der Waals surface area (Å²) in [5, 5.41) is 0. The summed E-state index contributed by atoms with van der Waals surface area (Å²) in [7, 11) is -1.73. The number of piperidine rings is 1. The number of rotatable bonds is 7. The molecule has 2 saturated heterocycles. The Morgan fingerprint density at radius 3 is 2.43 bits per heavy atom. The van der Waals surface area contributed by atoms with Crippen LogP contribution in [-0.4, -0.2) is 82.6 Å². The fourth-order valence-corrected chi connectivity index (χ4v) is 5.67. The summed E-state index contributed by atoms with van der Waals surface area (Å²) < 4.78 is 36.2. The molecule has 28 heavy (non-hydrogen) atoms. The van der Waals surface area contributed by atoms with E-state index in [0.717, 1.165) is 45.6 Å². The summed E-state index contributed by atoms with van der Waals surface area (Å²) in [6, 6.07) is 6.74. The van der Waals surface area contributed by atoms with Crippen molar-refractivity contribution in [1.82, 2.24) is 9.80 Å². The molecule has 0 saturated carbocycles. The van der Waals surface area contributed by atoms with Gasteiger partial charge in [-0.25, -0.2) is 8.42 Å². The molecule has 2 atom stereocenters. The number of sulfone groups is 1. The molecule has 2 unspecified atom stereocenters. The van der Waals surface area contributed by atoms with Crippen LogP contribution < -0.4 is 4.74 Å². The van der Waals surface area contributed by atoms with Crippen molar-refractivity contribution in [1.29, 1.82) is 0 Å². The van der Waals surface area contributed by atoms with Gasteiger partial charge in [0.05, 0.1) is 30.0 Å². The first-order chi connectivity index (χ1) is 13.4. The molecule has 2 heterocycles. The molecular formula is C21H34N2O4S. The van der Waals surface area contributed by atoms with E-state index in [1.54, 1.807) is 31.4 Å². The van der Waals surface area contributed by atoms with E-state index in [9.17, 15) is 8.42 Å². The highest BCUT2D eigenvalue weighted by Gasteiger charge is 2.27. The second-order valence-electron chi connectivity index (χ2n) is 8.26. The van der Waals surface area contributed by atoms with Crippen LogP contribution in [0.2, 0.25) is 0 Å². The molecule has 7 heteroatoms. The van der Waals surface area contributed by atoms with Gasteiger partial charge in [-0.1, -0.05) is 6.07 Å². The van der Waals surface area contributed by atoms with Crippen LogP contribution in [0.5, 0.6) is 5.75 Å². The maximum Gasteiger partial charge on any atom is 0.179 e. The number of benzene rings is 1. The topological polar surface area (TPSA) is 59.1 Å². The molecule has 0 spiro atoms. The summed E-state index contributed by atoms with van der Waals surface area (Å²) in [5.41, 5.74) is 0. The van der Waals surface area contributed by atoms with Crippen molar-refractivity contribution < 1.29 is 17.9 Å². The molecule has 6 nitrogen and oxygen atoms in total. The highest BCUT2D eigenvalue weighted by Crippen LogP contribution is 2.22. The van der Waals surface area contributed by atoms with E-state index in [1.165, 1.54) is 0 Å². The smallest absolute Gasteiger partial charge is 0.179 e. The molecule has 1 aromatic carbocycles. The third kappa shape index (κ3) is 5.92. The third-order valence-corrected chi connectivity index (χ3v) is 7.49. The lowest BCUT2D eigenvalue weighted by Crippen LogP contribution is -2.48. The summed E-state index contributed by atoms with van der Waals surface area (Å²) in [5.74, 6) is 1.43. The SMILES string of the molecule is COc1cccc(S(=O)(=O)CCN2CCC(CN3CC(C)OC(C)C3)CC2)c1. The van der Waals surface area contributed by atoms with Crippen LogP contribution in [-0.2, 0) is 14.6 Å². The van der Waals surface area contributed by atoms with Gasteiger partial charge in [0.25, 0.3) is 0 Å². The zero-order valence-corrected chi connectivity index (χ0v) is 18.2. The van der Waals surface area contributed by atoms with Crippen molar-refractivity contribution in [3.63, 3.8) is 0 Å². The van der Waals surface area contributed by atoms with Crippen molar-refractivity contribution in [3.05, 3.63) is 24.3 Å². The number of hydrogen-bond acceptors (Lipinski definition) is 6. The monoisotopic (exact) mass is 410 g/mol. The van der Waals surface area contributed by atoms with Crippen molar-refractivity contribution in [2.75, 3.05) is 52.1 Å². The largest absolute Gasteiger partial charge is 0.497 e. The molecule has 158 valence electrons. The van der Waals surface area contributed by atoms with Crippen molar-refractivity contribution in [3.8, 4) is 5.75 Å². The molecule has 0 radical (unpaired) electrons. The number of hydrogen-bond donors (Lipinski definition) is 0. The molecule has 2 aliphatic rings. The van der Waals surface area contributed by atoms with Gasteiger partial charge in [0.2, 0.25) is 0 Å². The van der Waals surface area contributed by atoms with Gasteiger partial charge in [0, 0.05) is 26.2 Å². The fraction of sp³-hybridized carbons (Fsp3) is 0.714. The van der Waals surface area contributed by atoms with Crippen LogP contribution >= 0.6 is 0 Å². The summed E-state index contributed by atoms with van der Waals surface area (Å²) in [6.45, 7) is 10.0. The van der Waals surface area contributed by atoms with Gasteiger partial charge in [-0.15, -0.1) is 0 Å². The Hall–Kier alpha value is -1.15. The second kappa shape index (κ2) is 9.57. The van der Waals surface area contributed by atoms with Gasteiger partial charge in [-0.05, 0) is 63.9 Å². The normalized spacial score (nSPS) is 25.7. The standard InChI is InChI=1S/C21H34N2O4S/c1-17-14-23(15-18(2)27-17)16-19-7-9-22(10-8-19)11-12-28(24,25)21-6-4-5-20(13-21)26-3/h4-6,13,17-19H,7-12,14-16H2,1-3H3. The zero-order valence-electron chi connectivity index (χ0n) is 17.3. The van der Waals surface area contributed by atoms with Gasteiger partial charge >= 0.3 is 0 Å². The lowest BCUT2D eigenvalue weighted by Gasteiger charge is -2.39. The van der Waals surface area contributed by atoms with E-state index < -0.39 is 9.84 Å². The maximum atomic E-state index is 12.6. The van der Waals surface area contributed by atoms with Crippen molar-refractivity contribution in [2.45, 2.75) is 43.8 Å². The minimum atomic E-state index is -3.28. The number of likely N-dealkylation sites (tertiary alicyclic amines) is 1. The van der Waals surface area contributed by atoms with Gasteiger partial charge < -0.3 is 14.4 Å². The third-order valence-electron chi connectivity index (χ3n) is 5.80. The van der Waals surface area contributed by atoms with Crippen LogP contribution in [0.25, 0.3) is 0 Å². The Morgan fingerprint density at radius 1 is 1.11 bits per heavy atom. The van der Waals surface area contributed by atoms with Crippen LogP contribution in [0.4, 0.5) is 0 Å². The van der Waals surface area contributed by atoms with Crippen molar-refractivity contribution in [2.24, 2.45) is 5.92 Å². The average Bonchev–Trinajstić information content (AvgIpc) is 2.67. The van der Waals surface area contributed by atoms with Crippen LogP contribution in [0.3, 0.4) is 0 Å². The fourth-order valence-electron chi connectivity index (χ4n) is 4.35. The Kier molecular flexibility index (Phi) is 7.36. The molecular weight excluding hydrogens is 376 g/mol. The molecule has 0 N–H and O–H groups in total. The average molecular weight is 411 g/mol. The Morgan fingerprint density at radius 2 is 1.79 bits per heavy atom. The molecule has 0 amide bonds. The van der Waals surface area contributed by atoms with Gasteiger partial charge in [0.15, 0.2) is 9.84 Å². The predicted molar refractivity (Wildman–Crippen MR) is 111 cm³/mol. The lowest BCUT2D eigenvalue weighted by molar-refractivity contribution is -0.0731.